The number of hydrogen-bond donors (Lipinski definition) is 3. The van der Waals surface area contributed by atoms with E-state index < -0.39 is 12.0 Å². The van der Waals surface area contributed by atoms with Gasteiger partial charge >= 0.3 is 5.97 Å². The van der Waals surface area contributed by atoms with Gasteiger partial charge in [0.25, 0.3) is 0 Å². The highest BCUT2D eigenvalue weighted by atomic mass is 16.4. The van der Waals surface area contributed by atoms with Crippen molar-refractivity contribution >= 4 is 11.9 Å². The fourth-order valence-corrected chi connectivity index (χ4v) is 2.09. The zero-order chi connectivity index (χ0) is 12.1. The Hall–Kier alpha value is -1.10. The summed E-state index contributed by atoms with van der Waals surface area (Å²) in [6.07, 6.45) is 3.79. The van der Waals surface area contributed by atoms with Crippen molar-refractivity contribution in [1.29, 1.82) is 0 Å². The van der Waals surface area contributed by atoms with E-state index in [4.69, 9.17) is 10.8 Å². The maximum Gasteiger partial charge on any atom is 0.326 e. The van der Waals surface area contributed by atoms with Crippen molar-refractivity contribution in [3.8, 4) is 0 Å². The van der Waals surface area contributed by atoms with Gasteiger partial charge in [0, 0.05) is 12.0 Å². The van der Waals surface area contributed by atoms with E-state index in [0.29, 0.717) is 12.8 Å². The first-order valence-electron chi connectivity index (χ1n) is 5.83. The molecular formula is C11H20N2O3. The average Bonchev–Trinajstić information content (AvgIpc) is 2.25. The zero-order valence-electron chi connectivity index (χ0n) is 9.61. The predicted molar refractivity (Wildman–Crippen MR) is 59.8 cm³/mol. The maximum absolute atomic E-state index is 11.8. The Bertz CT molecular complexity index is 268. The third-order valence-electron chi connectivity index (χ3n) is 3.11. The molecule has 1 fully saturated rings. The molecule has 1 aliphatic rings. The standard InChI is InChI=1S/C11H20N2O3/c1-2-9(11(15)16)13-10(14)7-4-3-5-8(12)6-7/h7-9H,2-6,12H2,1H3,(H,13,14)(H,15,16)/t7?,8?,9-/m1/s1. The molecular weight excluding hydrogens is 208 g/mol. The van der Waals surface area contributed by atoms with Gasteiger partial charge in [-0.05, 0) is 25.7 Å². The van der Waals surface area contributed by atoms with E-state index in [1.807, 2.05) is 0 Å². The number of aliphatic carboxylic acids is 1. The summed E-state index contributed by atoms with van der Waals surface area (Å²) in [7, 11) is 0. The third-order valence-corrected chi connectivity index (χ3v) is 3.11. The van der Waals surface area contributed by atoms with Gasteiger partial charge in [0.2, 0.25) is 5.91 Å². The lowest BCUT2D eigenvalue weighted by molar-refractivity contribution is -0.142. The van der Waals surface area contributed by atoms with Crippen molar-refractivity contribution in [2.24, 2.45) is 11.7 Å². The summed E-state index contributed by atoms with van der Waals surface area (Å²) in [5, 5.41) is 11.4. The Labute approximate surface area is 95.4 Å². The largest absolute Gasteiger partial charge is 0.480 e. The normalized spacial score (nSPS) is 27.1. The minimum Gasteiger partial charge on any atom is -0.480 e. The highest BCUT2D eigenvalue weighted by Crippen LogP contribution is 2.23. The van der Waals surface area contributed by atoms with Crippen LogP contribution in [0.15, 0.2) is 0 Å². The highest BCUT2D eigenvalue weighted by molar-refractivity contribution is 5.85. The second-order valence-electron chi connectivity index (χ2n) is 4.43. The van der Waals surface area contributed by atoms with Gasteiger partial charge in [-0.3, -0.25) is 4.79 Å². The summed E-state index contributed by atoms with van der Waals surface area (Å²) in [5.74, 6) is -1.25. The Morgan fingerprint density at radius 1 is 1.50 bits per heavy atom. The van der Waals surface area contributed by atoms with Crippen LogP contribution < -0.4 is 11.1 Å². The predicted octanol–water partition coefficient (Wildman–Crippen LogP) is 0.483. The minimum absolute atomic E-state index is 0.0782. The molecule has 0 spiro atoms. The molecule has 0 saturated heterocycles. The van der Waals surface area contributed by atoms with Crippen molar-refractivity contribution in [2.75, 3.05) is 0 Å². The van der Waals surface area contributed by atoms with Crippen LogP contribution >= 0.6 is 0 Å². The van der Waals surface area contributed by atoms with Crippen molar-refractivity contribution in [3.05, 3.63) is 0 Å². The molecule has 0 aliphatic heterocycles. The van der Waals surface area contributed by atoms with Gasteiger partial charge in [0.15, 0.2) is 0 Å². The van der Waals surface area contributed by atoms with Gasteiger partial charge in [-0.15, -0.1) is 0 Å². The molecule has 16 heavy (non-hydrogen) atoms. The number of amides is 1. The maximum atomic E-state index is 11.8. The Morgan fingerprint density at radius 3 is 2.69 bits per heavy atom. The topological polar surface area (TPSA) is 92.4 Å². The molecule has 1 rings (SSSR count). The Balaban J connectivity index is 2.47. The lowest BCUT2D eigenvalue weighted by atomic mass is 9.85. The average molecular weight is 228 g/mol. The van der Waals surface area contributed by atoms with Crippen LogP contribution in [0, 0.1) is 5.92 Å². The zero-order valence-corrected chi connectivity index (χ0v) is 9.61. The number of rotatable bonds is 4. The van der Waals surface area contributed by atoms with Crippen molar-refractivity contribution < 1.29 is 14.7 Å². The number of carboxylic acids is 1. The van der Waals surface area contributed by atoms with Crippen LogP contribution in [0.5, 0.6) is 0 Å². The van der Waals surface area contributed by atoms with Gasteiger partial charge in [0.05, 0.1) is 0 Å². The highest BCUT2D eigenvalue weighted by Gasteiger charge is 2.27. The molecule has 0 bridgehead atoms. The fourth-order valence-electron chi connectivity index (χ4n) is 2.09. The number of hydrogen-bond acceptors (Lipinski definition) is 3. The monoisotopic (exact) mass is 228 g/mol. The number of carbonyl (C=O) groups is 2. The summed E-state index contributed by atoms with van der Waals surface area (Å²) < 4.78 is 0. The quantitative estimate of drug-likeness (QED) is 0.652. The molecule has 3 atom stereocenters. The van der Waals surface area contributed by atoms with Crippen molar-refractivity contribution in [1.82, 2.24) is 5.32 Å². The van der Waals surface area contributed by atoms with Gasteiger partial charge < -0.3 is 16.2 Å². The molecule has 5 heteroatoms. The molecule has 1 amide bonds. The number of nitrogens with one attached hydrogen (secondary N) is 1. The van der Waals surface area contributed by atoms with E-state index >= 15 is 0 Å². The number of carbonyl (C=O) groups excluding carboxylic acids is 1. The van der Waals surface area contributed by atoms with Gasteiger partial charge in [-0.1, -0.05) is 13.3 Å². The van der Waals surface area contributed by atoms with Crippen LogP contribution in [0.1, 0.15) is 39.0 Å². The second kappa shape index (κ2) is 5.84. The van der Waals surface area contributed by atoms with Gasteiger partial charge in [0.1, 0.15) is 6.04 Å². The number of carboxylic acid groups (broad SMARTS) is 1. The minimum atomic E-state index is -0.976. The summed E-state index contributed by atoms with van der Waals surface area (Å²) in [4.78, 5) is 22.6. The van der Waals surface area contributed by atoms with Crippen molar-refractivity contribution in [3.63, 3.8) is 0 Å². The van der Waals surface area contributed by atoms with Crippen LogP contribution in [-0.2, 0) is 9.59 Å². The summed E-state index contributed by atoms with van der Waals surface area (Å²) in [6, 6.07) is -0.694. The summed E-state index contributed by atoms with van der Waals surface area (Å²) in [5.41, 5.74) is 5.79. The van der Waals surface area contributed by atoms with E-state index in [1.165, 1.54) is 0 Å². The molecule has 0 radical (unpaired) electrons. The summed E-state index contributed by atoms with van der Waals surface area (Å²) >= 11 is 0. The molecule has 1 saturated carbocycles. The van der Waals surface area contributed by atoms with Crippen molar-refractivity contribution in [2.45, 2.75) is 51.1 Å². The SMILES string of the molecule is CC[C@@H](NC(=O)C1CCCC(N)C1)C(=O)O. The summed E-state index contributed by atoms with van der Waals surface area (Å²) in [6.45, 7) is 1.74. The first kappa shape index (κ1) is 13.0. The van der Waals surface area contributed by atoms with E-state index in [1.54, 1.807) is 6.92 Å². The third kappa shape index (κ3) is 3.48. The van der Waals surface area contributed by atoms with Crippen LogP contribution in [0.2, 0.25) is 0 Å². The molecule has 92 valence electrons. The molecule has 2 unspecified atom stereocenters. The molecule has 0 aromatic rings. The van der Waals surface area contributed by atoms with E-state index in [0.717, 1.165) is 19.3 Å². The first-order valence-corrected chi connectivity index (χ1v) is 5.83. The van der Waals surface area contributed by atoms with E-state index in [-0.39, 0.29) is 17.9 Å². The van der Waals surface area contributed by atoms with Crippen LogP contribution in [0.4, 0.5) is 0 Å². The van der Waals surface area contributed by atoms with Gasteiger partial charge in [-0.25, -0.2) is 4.79 Å². The van der Waals surface area contributed by atoms with Crippen LogP contribution in [0.3, 0.4) is 0 Å². The molecule has 1 aliphatic carbocycles. The number of nitrogens with two attached hydrogens (primary N) is 1. The van der Waals surface area contributed by atoms with Crippen LogP contribution in [-0.4, -0.2) is 29.1 Å². The molecule has 0 heterocycles. The lowest BCUT2D eigenvalue weighted by Crippen LogP contribution is -2.45. The Kier molecular flexibility index (Phi) is 4.73. The Morgan fingerprint density at radius 2 is 2.19 bits per heavy atom. The molecule has 5 nitrogen and oxygen atoms in total. The molecule has 0 aromatic carbocycles. The fraction of sp³-hybridized carbons (Fsp3) is 0.818. The molecule has 4 N–H and O–H groups in total. The lowest BCUT2D eigenvalue weighted by Gasteiger charge is -2.26. The smallest absolute Gasteiger partial charge is 0.326 e. The van der Waals surface area contributed by atoms with E-state index in [2.05, 4.69) is 5.32 Å². The van der Waals surface area contributed by atoms with Crippen LogP contribution in [0.25, 0.3) is 0 Å². The van der Waals surface area contributed by atoms with Gasteiger partial charge in [-0.2, -0.15) is 0 Å². The first-order chi connectivity index (χ1) is 7.54. The second-order valence-corrected chi connectivity index (χ2v) is 4.43. The molecule has 0 aromatic heterocycles. The van der Waals surface area contributed by atoms with E-state index in [9.17, 15) is 9.59 Å².